The van der Waals surface area contributed by atoms with Gasteiger partial charge in [0, 0.05) is 13.2 Å². The molecule has 0 amide bonds. The molecule has 0 spiro atoms. The molecule has 1 aromatic carbocycles. The molecule has 0 aliphatic carbocycles. The molecule has 1 aromatic rings. The van der Waals surface area contributed by atoms with Crippen molar-refractivity contribution in [1.29, 1.82) is 0 Å². The summed E-state index contributed by atoms with van der Waals surface area (Å²) in [6, 6.07) is 6.33. The van der Waals surface area contributed by atoms with Crippen molar-refractivity contribution >= 4 is 5.69 Å². The molecule has 0 saturated carbocycles. The van der Waals surface area contributed by atoms with Crippen LogP contribution in [0.3, 0.4) is 0 Å². The van der Waals surface area contributed by atoms with Gasteiger partial charge in [-0.15, -0.1) is 0 Å². The van der Waals surface area contributed by atoms with Crippen LogP contribution in [0.15, 0.2) is 18.2 Å². The fourth-order valence-electron chi connectivity index (χ4n) is 1.50. The van der Waals surface area contributed by atoms with E-state index in [9.17, 15) is 0 Å². The van der Waals surface area contributed by atoms with E-state index in [0.29, 0.717) is 0 Å². The molecule has 0 bridgehead atoms. The topological polar surface area (TPSA) is 30.5 Å². The van der Waals surface area contributed by atoms with Crippen molar-refractivity contribution < 1.29 is 9.47 Å². The van der Waals surface area contributed by atoms with E-state index in [-0.39, 0.29) is 12.1 Å². The van der Waals surface area contributed by atoms with Crippen molar-refractivity contribution in [3.8, 4) is 5.75 Å². The Morgan fingerprint density at radius 1 is 1.19 bits per heavy atom. The molecule has 1 N–H and O–H groups in total. The largest absolute Gasteiger partial charge is 0.495 e. The highest BCUT2D eigenvalue weighted by Gasteiger charge is 2.13. The van der Waals surface area contributed by atoms with E-state index in [1.807, 2.05) is 19.1 Å². The number of rotatable bonds is 5. The summed E-state index contributed by atoms with van der Waals surface area (Å²) in [6.07, 6.45) is 0.158. The molecule has 0 aromatic heterocycles. The third-order valence-corrected chi connectivity index (χ3v) is 2.81. The second-order valence-corrected chi connectivity index (χ2v) is 4.08. The first kappa shape index (κ1) is 12.8. The summed E-state index contributed by atoms with van der Waals surface area (Å²) >= 11 is 0. The van der Waals surface area contributed by atoms with Crippen molar-refractivity contribution in [2.45, 2.75) is 32.9 Å². The lowest BCUT2D eigenvalue weighted by molar-refractivity contribution is 0.106. The number of ether oxygens (including phenoxy) is 2. The third-order valence-electron chi connectivity index (χ3n) is 2.81. The Morgan fingerprint density at radius 2 is 1.88 bits per heavy atom. The van der Waals surface area contributed by atoms with Gasteiger partial charge in [0.2, 0.25) is 0 Å². The lowest BCUT2D eigenvalue weighted by Gasteiger charge is -2.22. The summed E-state index contributed by atoms with van der Waals surface area (Å²) in [6.45, 7) is 6.20. The van der Waals surface area contributed by atoms with Gasteiger partial charge in [0.05, 0.1) is 18.9 Å². The van der Waals surface area contributed by atoms with Gasteiger partial charge in [-0.2, -0.15) is 0 Å². The number of aryl methyl sites for hydroxylation is 1. The number of nitrogens with one attached hydrogen (secondary N) is 1. The summed E-state index contributed by atoms with van der Waals surface area (Å²) in [5.41, 5.74) is 2.22. The number of hydrogen-bond acceptors (Lipinski definition) is 3. The average Bonchev–Trinajstić information content (AvgIpc) is 2.28. The van der Waals surface area contributed by atoms with Crippen LogP contribution in [0.1, 0.15) is 19.4 Å². The Balaban J connectivity index is 2.82. The molecule has 0 aliphatic rings. The summed E-state index contributed by atoms with van der Waals surface area (Å²) < 4.78 is 10.6. The van der Waals surface area contributed by atoms with Crippen LogP contribution in [0.25, 0.3) is 0 Å². The fourth-order valence-corrected chi connectivity index (χ4v) is 1.50. The molecule has 2 unspecified atom stereocenters. The molecule has 3 heteroatoms. The van der Waals surface area contributed by atoms with Crippen LogP contribution in [0.2, 0.25) is 0 Å². The zero-order chi connectivity index (χ0) is 12.1. The van der Waals surface area contributed by atoms with E-state index in [1.54, 1.807) is 14.2 Å². The van der Waals surface area contributed by atoms with Crippen molar-refractivity contribution in [3.63, 3.8) is 0 Å². The van der Waals surface area contributed by atoms with E-state index in [1.165, 1.54) is 5.56 Å². The van der Waals surface area contributed by atoms with Gasteiger partial charge in [0.25, 0.3) is 0 Å². The first-order valence-electron chi connectivity index (χ1n) is 5.52. The zero-order valence-corrected chi connectivity index (χ0v) is 10.7. The van der Waals surface area contributed by atoms with Gasteiger partial charge < -0.3 is 14.8 Å². The minimum atomic E-state index is 0.158. The summed E-state index contributed by atoms with van der Waals surface area (Å²) in [5.74, 6) is 0.862. The van der Waals surface area contributed by atoms with E-state index in [2.05, 4.69) is 25.2 Å². The number of benzene rings is 1. The molecular weight excluding hydrogens is 202 g/mol. The van der Waals surface area contributed by atoms with E-state index in [4.69, 9.17) is 9.47 Å². The molecule has 90 valence electrons. The highest BCUT2D eigenvalue weighted by atomic mass is 16.5. The minimum absolute atomic E-state index is 0.158. The van der Waals surface area contributed by atoms with Crippen LogP contribution in [-0.2, 0) is 4.74 Å². The van der Waals surface area contributed by atoms with Gasteiger partial charge in [0.15, 0.2) is 0 Å². The number of hydrogen-bond donors (Lipinski definition) is 1. The van der Waals surface area contributed by atoms with Crippen LogP contribution in [0.5, 0.6) is 5.75 Å². The Bertz CT molecular complexity index is 339. The number of methoxy groups -OCH3 is 2. The standard InChI is InChI=1S/C13H21NO2/c1-9-6-7-13(16-5)12(8-9)14-10(2)11(3)15-4/h6-8,10-11,14H,1-5H3. The normalized spacial score (nSPS) is 14.3. The smallest absolute Gasteiger partial charge is 0.141 e. The summed E-state index contributed by atoms with van der Waals surface area (Å²) in [4.78, 5) is 0. The first-order valence-corrected chi connectivity index (χ1v) is 5.52. The van der Waals surface area contributed by atoms with Gasteiger partial charge in [-0.25, -0.2) is 0 Å². The van der Waals surface area contributed by atoms with Gasteiger partial charge in [-0.05, 0) is 38.5 Å². The third kappa shape index (κ3) is 3.14. The molecule has 0 heterocycles. The molecule has 16 heavy (non-hydrogen) atoms. The van der Waals surface area contributed by atoms with Crippen molar-refractivity contribution in [3.05, 3.63) is 23.8 Å². The van der Waals surface area contributed by atoms with Gasteiger partial charge in [-0.3, -0.25) is 0 Å². The van der Waals surface area contributed by atoms with Crippen LogP contribution in [0.4, 0.5) is 5.69 Å². The molecule has 2 atom stereocenters. The highest BCUT2D eigenvalue weighted by molar-refractivity contribution is 5.58. The predicted molar refractivity (Wildman–Crippen MR) is 67.3 cm³/mol. The first-order chi connectivity index (χ1) is 7.58. The molecule has 0 aliphatic heterocycles. The average molecular weight is 223 g/mol. The molecule has 0 fully saturated rings. The number of anilines is 1. The van der Waals surface area contributed by atoms with Crippen molar-refractivity contribution in [2.75, 3.05) is 19.5 Å². The van der Waals surface area contributed by atoms with Gasteiger partial charge in [-0.1, -0.05) is 6.07 Å². The molecule has 0 radical (unpaired) electrons. The van der Waals surface area contributed by atoms with Crippen LogP contribution >= 0.6 is 0 Å². The minimum Gasteiger partial charge on any atom is -0.495 e. The fraction of sp³-hybridized carbons (Fsp3) is 0.538. The van der Waals surface area contributed by atoms with Crippen LogP contribution < -0.4 is 10.1 Å². The Hall–Kier alpha value is -1.22. The maximum atomic E-state index is 5.31. The maximum absolute atomic E-state index is 5.31. The summed E-state index contributed by atoms with van der Waals surface area (Å²) in [5, 5.41) is 3.40. The SMILES string of the molecule is COc1ccc(C)cc1NC(C)C(C)OC. The Morgan fingerprint density at radius 3 is 2.44 bits per heavy atom. The predicted octanol–water partition coefficient (Wildman–Crippen LogP) is 2.84. The molecular formula is C13H21NO2. The molecule has 3 nitrogen and oxygen atoms in total. The van der Waals surface area contributed by atoms with Crippen LogP contribution in [0, 0.1) is 6.92 Å². The van der Waals surface area contributed by atoms with Gasteiger partial charge in [0.1, 0.15) is 5.75 Å². The lowest BCUT2D eigenvalue weighted by Crippen LogP contribution is -2.29. The van der Waals surface area contributed by atoms with Crippen molar-refractivity contribution in [1.82, 2.24) is 0 Å². The highest BCUT2D eigenvalue weighted by Crippen LogP contribution is 2.26. The second-order valence-electron chi connectivity index (χ2n) is 4.08. The molecule has 1 rings (SSSR count). The van der Waals surface area contributed by atoms with Crippen molar-refractivity contribution in [2.24, 2.45) is 0 Å². The second kappa shape index (κ2) is 5.75. The summed E-state index contributed by atoms with van der Waals surface area (Å²) in [7, 11) is 3.40. The van der Waals surface area contributed by atoms with Crippen LogP contribution in [-0.4, -0.2) is 26.4 Å². The van der Waals surface area contributed by atoms with Gasteiger partial charge >= 0.3 is 0 Å². The van der Waals surface area contributed by atoms with E-state index in [0.717, 1.165) is 11.4 Å². The quantitative estimate of drug-likeness (QED) is 0.832. The maximum Gasteiger partial charge on any atom is 0.141 e. The van der Waals surface area contributed by atoms with E-state index < -0.39 is 0 Å². The zero-order valence-electron chi connectivity index (χ0n) is 10.7. The Labute approximate surface area is 97.8 Å². The molecule has 0 saturated heterocycles. The van der Waals surface area contributed by atoms with E-state index >= 15 is 0 Å². The lowest BCUT2D eigenvalue weighted by atomic mass is 10.1. The Kier molecular flexibility index (Phi) is 4.62. The monoisotopic (exact) mass is 223 g/mol.